The molecule has 11 heteroatoms. The molecule has 0 heterocycles. The highest BCUT2D eigenvalue weighted by Gasteiger charge is 2.17. The molecule has 0 aliphatic carbocycles. The van der Waals surface area contributed by atoms with Crippen LogP contribution < -0.4 is 14.8 Å². The van der Waals surface area contributed by atoms with Gasteiger partial charge in [0.1, 0.15) is 5.75 Å². The highest BCUT2D eigenvalue weighted by Crippen LogP contribution is 2.25. The summed E-state index contributed by atoms with van der Waals surface area (Å²) in [6.45, 7) is 3.00. The van der Waals surface area contributed by atoms with Crippen LogP contribution in [0.2, 0.25) is 5.02 Å². The minimum Gasteiger partial charge on any atom is -0.483 e. The summed E-state index contributed by atoms with van der Waals surface area (Å²) in [6.07, 6.45) is 0. The van der Waals surface area contributed by atoms with Gasteiger partial charge in [-0.3, -0.25) is 19.6 Å². The van der Waals surface area contributed by atoms with Crippen molar-refractivity contribution < 1.29 is 22.9 Å². The fraction of sp³-hybridized carbons (Fsp3) is 0.136. The second kappa shape index (κ2) is 9.88. The van der Waals surface area contributed by atoms with Crippen LogP contribution in [-0.4, -0.2) is 25.9 Å². The van der Waals surface area contributed by atoms with E-state index in [-0.39, 0.29) is 17.2 Å². The molecule has 3 aromatic rings. The van der Waals surface area contributed by atoms with Crippen LogP contribution in [0.25, 0.3) is 0 Å². The van der Waals surface area contributed by atoms with Crippen molar-refractivity contribution in [2.45, 2.75) is 18.7 Å². The maximum absolute atomic E-state index is 12.6. The fourth-order valence-corrected chi connectivity index (χ4v) is 4.14. The number of rotatable bonds is 8. The largest absolute Gasteiger partial charge is 0.483 e. The predicted molar refractivity (Wildman–Crippen MR) is 125 cm³/mol. The van der Waals surface area contributed by atoms with Crippen LogP contribution in [0.3, 0.4) is 0 Å². The number of carbonyl (C=O) groups excluding carboxylic acids is 1. The van der Waals surface area contributed by atoms with Crippen LogP contribution in [0, 0.1) is 24.0 Å². The molecule has 0 saturated carbocycles. The first-order valence-electron chi connectivity index (χ1n) is 9.62. The van der Waals surface area contributed by atoms with Crippen LogP contribution in [-0.2, 0) is 14.8 Å². The summed E-state index contributed by atoms with van der Waals surface area (Å²) < 4.78 is 33.2. The summed E-state index contributed by atoms with van der Waals surface area (Å²) >= 11 is 5.82. The zero-order valence-electron chi connectivity index (χ0n) is 17.7. The average Bonchev–Trinajstić information content (AvgIpc) is 2.75. The predicted octanol–water partition coefficient (Wildman–Crippen LogP) is 4.68. The second-order valence-corrected chi connectivity index (χ2v) is 9.25. The van der Waals surface area contributed by atoms with Crippen molar-refractivity contribution in [2.24, 2.45) is 0 Å². The molecule has 0 atom stereocenters. The summed E-state index contributed by atoms with van der Waals surface area (Å²) in [4.78, 5) is 22.7. The lowest BCUT2D eigenvalue weighted by atomic mass is 10.2. The Morgan fingerprint density at radius 3 is 2.36 bits per heavy atom. The lowest BCUT2D eigenvalue weighted by Gasteiger charge is -2.13. The van der Waals surface area contributed by atoms with Crippen LogP contribution in [0.1, 0.15) is 11.1 Å². The van der Waals surface area contributed by atoms with Crippen molar-refractivity contribution >= 4 is 44.6 Å². The van der Waals surface area contributed by atoms with Gasteiger partial charge in [0.15, 0.2) is 6.61 Å². The molecule has 0 fully saturated rings. The van der Waals surface area contributed by atoms with E-state index in [2.05, 4.69) is 10.0 Å². The van der Waals surface area contributed by atoms with E-state index >= 15 is 0 Å². The number of hydrogen-bond donors (Lipinski definition) is 2. The molecule has 3 rings (SSSR count). The van der Waals surface area contributed by atoms with Crippen molar-refractivity contribution in [1.29, 1.82) is 0 Å². The van der Waals surface area contributed by atoms with Gasteiger partial charge in [-0.05, 0) is 67.4 Å². The van der Waals surface area contributed by atoms with Gasteiger partial charge < -0.3 is 10.1 Å². The monoisotopic (exact) mass is 489 g/mol. The SMILES string of the molecule is Cc1ccc([N+](=O)[O-])cc1NC(=O)COc1ccc(S(=O)(=O)Nc2ccc(Cl)cc2)cc1C. The first kappa shape index (κ1) is 24.0. The Bertz CT molecular complexity index is 1310. The summed E-state index contributed by atoms with van der Waals surface area (Å²) in [6, 6.07) is 14.6. The van der Waals surface area contributed by atoms with Crippen molar-refractivity contribution in [3.63, 3.8) is 0 Å². The molecular formula is C22H20ClN3O6S. The number of nitrogens with one attached hydrogen (secondary N) is 2. The summed E-state index contributed by atoms with van der Waals surface area (Å²) in [5.41, 5.74) is 1.70. The molecule has 0 saturated heterocycles. The Hall–Kier alpha value is -3.63. The molecule has 0 spiro atoms. The second-order valence-electron chi connectivity index (χ2n) is 7.13. The fourth-order valence-electron chi connectivity index (χ4n) is 2.87. The molecule has 0 unspecified atom stereocenters. The number of carbonyl (C=O) groups is 1. The first-order chi connectivity index (χ1) is 15.5. The highest BCUT2D eigenvalue weighted by atomic mass is 35.5. The van der Waals surface area contributed by atoms with E-state index in [0.717, 1.165) is 0 Å². The van der Waals surface area contributed by atoms with Gasteiger partial charge in [-0.15, -0.1) is 0 Å². The van der Waals surface area contributed by atoms with Crippen LogP contribution in [0.15, 0.2) is 65.6 Å². The van der Waals surface area contributed by atoms with Gasteiger partial charge in [-0.2, -0.15) is 0 Å². The number of sulfonamides is 1. The number of anilines is 2. The van der Waals surface area contributed by atoms with E-state index < -0.39 is 20.9 Å². The molecule has 0 aliphatic rings. The highest BCUT2D eigenvalue weighted by molar-refractivity contribution is 7.92. The van der Waals surface area contributed by atoms with Crippen molar-refractivity contribution in [3.8, 4) is 5.75 Å². The third-order valence-corrected chi connectivity index (χ3v) is 6.25. The number of nitro groups is 1. The normalized spacial score (nSPS) is 11.0. The zero-order chi connectivity index (χ0) is 24.2. The van der Waals surface area contributed by atoms with Crippen molar-refractivity contribution in [3.05, 3.63) is 86.9 Å². The lowest BCUT2D eigenvalue weighted by Crippen LogP contribution is -2.21. The molecule has 9 nitrogen and oxygen atoms in total. The van der Waals surface area contributed by atoms with Crippen molar-refractivity contribution in [1.82, 2.24) is 0 Å². The molecule has 33 heavy (non-hydrogen) atoms. The number of nitro benzene ring substituents is 1. The Kier molecular flexibility index (Phi) is 7.19. The molecular weight excluding hydrogens is 470 g/mol. The zero-order valence-corrected chi connectivity index (χ0v) is 19.2. The standard InChI is InChI=1S/C22H20ClN3O6S/c1-14-3-8-18(26(28)29)12-20(14)24-22(27)13-32-21-10-9-19(11-15(21)2)33(30,31)25-17-6-4-16(23)5-7-17/h3-12,25H,13H2,1-2H3,(H,24,27). The average molecular weight is 490 g/mol. The molecule has 1 amide bonds. The number of halogens is 1. The molecule has 0 aliphatic heterocycles. The van der Waals surface area contributed by atoms with E-state index in [4.69, 9.17) is 16.3 Å². The summed E-state index contributed by atoms with van der Waals surface area (Å²) in [5.74, 6) is -0.189. The van der Waals surface area contributed by atoms with Gasteiger partial charge in [0.2, 0.25) is 0 Å². The molecule has 3 aromatic carbocycles. The van der Waals surface area contributed by atoms with E-state index in [9.17, 15) is 23.3 Å². The van der Waals surface area contributed by atoms with E-state index in [1.165, 1.54) is 36.4 Å². The number of non-ortho nitro benzene ring substituents is 1. The van der Waals surface area contributed by atoms with Crippen molar-refractivity contribution in [2.75, 3.05) is 16.6 Å². The van der Waals surface area contributed by atoms with Gasteiger partial charge in [0.05, 0.1) is 15.5 Å². The Morgan fingerprint density at radius 2 is 1.73 bits per heavy atom. The van der Waals surface area contributed by atoms with Crippen LogP contribution in [0.5, 0.6) is 5.75 Å². The van der Waals surface area contributed by atoms with E-state index in [1.54, 1.807) is 38.1 Å². The topological polar surface area (TPSA) is 128 Å². The number of ether oxygens (including phenoxy) is 1. The summed E-state index contributed by atoms with van der Waals surface area (Å²) in [5, 5.41) is 14.0. The third kappa shape index (κ3) is 6.21. The molecule has 0 bridgehead atoms. The number of aryl methyl sites for hydroxylation is 2. The smallest absolute Gasteiger partial charge is 0.271 e. The van der Waals surface area contributed by atoms with Crippen LogP contribution >= 0.6 is 11.6 Å². The lowest BCUT2D eigenvalue weighted by molar-refractivity contribution is -0.384. The van der Waals surface area contributed by atoms with Gasteiger partial charge in [-0.25, -0.2) is 8.42 Å². The number of nitrogens with zero attached hydrogens (tertiary/aromatic N) is 1. The molecule has 172 valence electrons. The molecule has 0 radical (unpaired) electrons. The first-order valence-corrected chi connectivity index (χ1v) is 11.5. The number of benzene rings is 3. The molecule has 0 aromatic heterocycles. The van der Waals surface area contributed by atoms with Gasteiger partial charge in [-0.1, -0.05) is 17.7 Å². The van der Waals surface area contributed by atoms with Crippen LogP contribution in [0.4, 0.5) is 17.1 Å². The number of amides is 1. The Balaban J connectivity index is 1.66. The third-order valence-electron chi connectivity index (χ3n) is 4.62. The van der Waals surface area contributed by atoms with E-state index in [0.29, 0.717) is 33.3 Å². The number of hydrogen-bond acceptors (Lipinski definition) is 6. The minimum absolute atomic E-state index is 0.0268. The Labute approximate surface area is 195 Å². The molecule has 2 N–H and O–H groups in total. The minimum atomic E-state index is -3.84. The quantitative estimate of drug-likeness (QED) is 0.349. The van der Waals surface area contributed by atoms with Gasteiger partial charge >= 0.3 is 0 Å². The Morgan fingerprint density at radius 1 is 1.03 bits per heavy atom. The maximum atomic E-state index is 12.6. The van der Waals surface area contributed by atoms with Gasteiger partial charge in [0.25, 0.3) is 21.6 Å². The summed E-state index contributed by atoms with van der Waals surface area (Å²) in [7, 11) is -3.84. The van der Waals surface area contributed by atoms with E-state index in [1.807, 2.05) is 0 Å². The maximum Gasteiger partial charge on any atom is 0.271 e. The van der Waals surface area contributed by atoms with Gasteiger partial charge in [0, 0.05) is 22.8 Å².